The number of likely N-dealkylation sites (N-methyl/N-ethyl adjacent to an activating group) is 1. The fraction of sp³-hybridized carbons (Fsp3) is 0.643. The van der Waals surface area contributed by atoms with E-state index in [1.807, 2.05) is 13.0 Å². The van der Waals surface area contributed by atoms with Gasteiger partial charge in [0, 0.05) is 19.1 Å². The first-order valence-electron chi connectivity index (χ1n) is 6.73. The first-order chi connectivity index (χ1) is 8.99. The van der Waals surface area contributed by atoms with Gasteiger partial charge in [-0.15, -0.1) is 11.3 Å². The molecule has 2 heterocycles. The van der Waals surface area contributed by atoms with Gasteiger partial charge in [-0.1, -0.05) is 11.6 Å². The molecule has 1 aliphatic rings. The highest BCUT2D eigenvalue weighted by atomic mass is 35.5. The van der Waals surface area contributed by atoms with Gasteiger partial charge in [-0.25, -0.2) is 0 Å². The molecular weight excluding hydrogens is 280 g/mol. The number of rotatable bonds is 3. The number of ketones is 1. The van der Waals surface area contributed by atoms with Gasteiger partial charge in [-0.3, -0.25) is 9.69 Å². The van der Waals surface area contributed by atoms with Gasteiger partial charge in [0.25, 0.3) is 0 Å². The maximum absolute atomic E-state index is 12.5. The summed E-state index contributed by atoms with van der Waals surface area (Å²) in [6, 6.07) is 3.96. The van der Waals surface area contributed by atoms with Crippen molar-refractivity contribution >= 4 is 28.7 Å². The van der Waals surface area contributed by atoms with E-state index in [9.17, 15) is 4.79 Å². The number of hydrogen-bond acceptors (Lipinski definition) is 4. The summed E-state index contributed by atoms with van der Waals surface area (Å²) in [5.74, 6) is 0.188. The molecule has 0 aliphatic carbocycles. The molecule has 5 heteroatoms. The van der Waals surface area contributed by atoms with E-state index >= 15 is 0 Å². The van der Waals surface area contributed by atoms with Crippen LogP contribution in [0.25, 0.3) is 0 Å². The highest BCUT2D eigenvalue weighted by Gasteiger charge is 2.29. The van der Waals surface area contributed by atoms with Crippen LogP contribution in [-0.2, 0) is 0 Å². The van der Waals surface area contributed by atoms with Gasteiger partial charge in [0.2, 0.25) is 0 Å². The Balaban J connectivity index is 2.09. The van der Waals surface area contributed by atoms with Crippen molar-refractivity contribution in [3.05, 3.63) is 21.3 Å². The average molecular weight is 301 g/mol. The minimum atomic E-state index is -0.0729. The molecule has 0 amide bonds. The van der Waals surface area contributed by atoms with Crippen LogP contribution in [0.15, 0.2) is 12.1 Å². The maximum Gasteiger partial charge on any atom is 0.189 e. The third-order valence-electron chi connectivity index (χ3n) is 3.79. The van der Waals surface area contributed by atoms with Gasteiger partial charge in [-0.05, 0) is 46.0 Å². The van der Waals surface area contributed by atoms with Crippen LogP contribution in [-0.4, -0.2) is 54.3 Å². The lowest BCUT2D eigenvalue weighted by atomic mass is 10.1. The third kappa shape index (κ3) is 3.57. The molecule has 19 heavy (non-hydrogen) atoms. The maximum atomic E-state index is 12.5. The lowest BCUT2D eigenvalue weighted by molar-refractivity contribution is 0.0782. The van der Waals surface area contributed by atoms with Gasteiger partial charge in [0.05, 0.1) is 15.3 Å². The van der Waals surface area contributed by atoms with Gasteiger partial charge in [0.15, 0.2) is 5.78 Å². The minimum Gasteiger partial charge on any atom is -0.305 e. The molecule has 0 aromatic carbocycles. The molecule has 2 rings (SSSR count). The van der Waals surface area contributed by atoms with Crippen LogP contribution in [0.2, 0.25) is 4.34 Å². The van der Waals surface area contributed by atoms with E-state index in [1.54, 1.807) is 6.07 Å². The number of hydrogen-bond donors (Lipinski definition) is 0. The summed E-state index contributed by atoms with van der Waals surface area (Å²) in [4.78, 5) is 17.9. The standard InChI is InChI=1S/C14H21ClN2OS/c1-10-9-16(3)7-4-8-17(10)11(2)14(18)12-5-6-13(15)19-12/h5-6,10-11H,4,7-9H2,1-3H3. The number of nitrogens with zero attached hydrogens (tertiary/aromatic N) is 2. The van der Waals surface area contributed by atoms with E-state index in [4.69, 9.17) is 11.6 Å². The van der Waals surface area contributed by atoms with Crippen molar-refractivity contribution in [2.45, 2.75) is 32.4 Å². The van der Waals surface area contributed by atoms with Crippen LogP contribution in [0, 0.1) is 0 Å². The van der Waals surface area contributed by atoms with Gasteiger partial charge < -0.3 is 4.90 Å². The van der Waals surface area contributed by atoms with Crippen molar-refractivity contribution in [3.8, 4) is 0 Å². The van der Waals surface area contributed by atoms with Crippen LogP contribution in [0.5, 0.6) is 0 Å². The topological polar surface area (TPSA) is 23.6 Å². The van der Waals surface area contributed by atoms with Crippen molar-refractivity contribution in [1.82, 2.24) is 9.80 Å². The summed E-state index contributed by atoms with van der Waals surface area (Å²) in [7, 11) is 2.14. The molecule has 0 saturated carbocycles. The first kappa shape index (κ1) is 15.0. The molecule has 0 N–H and O–H groups in total. The lowest BCUT2D eigenvalue weighted by Crippen LogP contribution is -2.46. The Morgan fingerprint density at radius 3 is 2.84 bits per heavy atom. The quantitative estimate of drug-likeness (QED) is 0.802. The second-order valence-corrected chi connectivity index (χ2v) is 7.06. The average Bonchev–Trinajstić information content (AvgIpc) is 2.71. The molecule has 1 aliphatic heterocycles. The molecule has 2 unspecified atom stereocenters. The number of thiophene rings is 1. The van der Waals surface area contributed by atoms with Crippen molar-refractivity contribution < 1.29 is 4.79 Å². The summed E-state index contributed by atoms with van der Waals surface area (Å²) in [5.41, 5.74) is 0. The van der Waals surface area contributed by atoms with Crippen molar-refractivity contribution in [3.63, 3.8) is 0 Å². The van der Waals surface area contributed by atoms with Crippen molar-refractivity contribution in [1.29, 1.82) is 0 Å². The van der Waals surface area contributed by atoms with E-state index in [0.717, 1.165) is 30.9 Å². The number of halogens is 1. The van der Waals surface area contributed by atoms with Crippen molar-refractivity contribution in [2.75, 3.05) is 26.7 Å². The fourth-order valence-corrected chi connectivity index (χ4v) is 3.84. The summed E-state index contributed by atoms with van der Waals surface area (Å²) < 4.78 is 0.680. The SMILES string of the molecule is CC1CN(C)CCCN1C(C)C(=O)c1ccc(Cl)s1. The largest absolute Gasteiger partial charge is 0.305 e. The molecule has 1 saturated heterocycles. The van der Waals surface area contributed by atoms with Crippen LogP contribution < -0.4 is 0 Å². The lowest BCUT2D eigenvalue weighted by Gasteiger charge is -2.32. The summed E-state index contributed by atoms with van der Waals surface area (Å²) in [6.45, 7) is 7.32. The minimum absolute atomic E-state index is 0.0729. The number of carbonyl (C=O) groups excluding carboxylic acids is 1. The first-order valence-corrected chi connectivity index (χ1v) is 7.92. The van der Waals surface area contributed by atoms with E-state index in [2.05, 4.69) is 23.8 Å². The van der Waals surface area contributed by atoms with E-state index in [0.29, 0.717) is 10.4 Å². The van der Waals surface area contributed by atoms with Crippen LogP contribution in [0.3, 0.4) is 0 Å². The summed E-state index contributed by atoms with van der Waals surface area (Å²) in [6.07, 6.45) is 1.11. The molecule has 2 atom stereocenters. The molecule has 106 valence electrons. The molecule has 1 aromatic rings. The van der Waals surface area contributed by atoms with Gasteiger partial charge in [-0.2, -0.15) is 0 Å². The molecule has 3 nitrogen and oxygen atoms in total. The van der Waals surface area contributed by atoms with Crippen LogP contribution >= 0.6 is 22.9 Å². The summed E-state index contributed by atoms with van der Waals surface area (Å²) >= 11 is 7.29. The molecule has 1 fully saturated rings. The second kappa shape index (κ2) is 6.35. The van der Waals surface area contributed by atoms with Crippen LogP contribution in [0.4, 0.5) is 0 Å². The van der Waals surface area contributed by atoms with Crippen molar-refractivity contribution in [2.24, 2.45) is 0 Å². The Bertz CT molecular complexity index is 448. The Hall–Kier alpha value is -0.420. The summed E-state index contributed by atoms with van der Waals surface area (Å²) in [5, 5.41) is 0. The monoisotopic (exact) mass is 300 g/mol. The predicted octanol–water partition coefficient (Wildman–Crippen LogP) is 3.00. The zero-order valence-corrected chi connectivity index (χ0v) is 13.3. The zero-order chi connectivity index (χ0) is 14.0. The molecule has 1 aromatic heterocycles. The highest BCUT2D eigenvalue weighted by molar-refractivity contribution is 7.18. The Morgan fingerprint density at radius 2 is 2.21 bits per heavy atom. The number of carbonyl (C=O) groups is 1. The molecule has 0 radical (unpaired) electrons. The predicted molar refractivity (Wildman–Crippen MR) is 81.4 cm³/mol. The van der Waals surface area contributed by atoms with Crippen LogP contribution in [0.1, 0.15) is 29.9 Å². The second-order valence-electron chi connectivity index (χ2n) is 5.35. The van der Waals surface area contributed by atoms with E-state index in [-0.39, 0.29) is 11.8 Å². The molecular formula is C14H21ClN2OS. The third-order valence-corrected chi connectivity index (χ3v) is 5.04. The number of Topliss-reactive ketones (excluding diaryl/α,β-unsaturated/α-hetero) is 1. The van der Waals surface area contributed by atoms with Gasteiger partial charge in [0.1, 0.15) is 0 Å². The smallest absolute Gasteiger partial charge is 0.189 e. The zero-order valence-electron chi connectivity index (χ0n) is 11.7. The Morgan fingerprint density at radius 1 is 1.47 bits per heavy atom. The van der Waals surface area contributed by atoms with Gasteiger partial charge >= 0.3 is 0 Å². The normalized spacial score (nSPS) is 24.1. The Kier molecular flexibility index (Phi) is 5.01. The highest BCUT2D eigenvalue weighted by Crippen LogP contribution is 2.24. The molecule has 0 bridgehead atoms. The van der Waals surface area contributed by atoms with E-state index in [1.165, 1.54) is 11.3 Å². The Labute approximate surface area is 124 Å². The fourth-order valence-electron chi connectivity index (χ4n) is 2.77. The molecule has 0 spiro atoms. The van der Waals surface area contributed by atoms with E-state index < -0.39 is 0 Å².